The highest BCUT2D eigenvalue weighted by molar-refractivity contribution is 6.15. The van der Waals surface area contributed by atoms with Crippen LogP contribution in [-0.2, 0) is 19.9 Å². The summed E-state index contributed by atoms with van der Waals surface area (Å²) in [5, 5.41) is 6.11. The van der Waals surface area contributed by atoms with Crippen molar-refractivity contribution in [2.75, 3.05) is 11.9 Å². The Morgan fingerprint density at radius 2 is 1.91 bits per heavy atom. The Kier molecular flexibility index (Phi) is 2.55. The molecule has 1 spiro atoms. The van der Waals surface area contributed by atoms with Crippen LogP contribution >= 0.6 is 0 Å². The van der Waals surface area contributed by atoms with Crippen LogP contribution in [0.1, 0.15) is 19.4 Å². The van der Waals surface area contributed by atoms with Crippen molar-refractivity contribution in [3.8, 4) is 0 Å². The normalized spacial score (nSPS) is 36.0. The fourth-order valence-corrected chi connectivity index (χ4v) is 4.29. The summed E-state index contributed by atoms with van der Waals surface area (Å²) in [6.45, 7) is 3.99. The number of nitrogens with one attached hydrogen (secondary N) is 2. The number of benzene rings is 1. The number of para-hydroxylation sites is 1. The molecule has 22 heavy (non-hydrogen) atoms. The Balaban J connectivity index is 1.92. The van der Waals surface area contributed by atoms with Gasteiger partial charge in [-0.1, -0.05) is 18.2 Å². The van der Waals surface area contributed by atoms with Gasteiger partial charge >= 0.3 is 0 Å². The van der Waals surface area contributed by atoms with Gasteiger partial charge < -0.3 is 5.32 Å². The summed E-state index contributed by atoms with van der Waals surface area (Å²) in [5.74, 6) is -1.82. The van der Waals surface area contributed by atoms with E-state index in [-0.39, 0.29) is 23.8 Å². The van der Waals surface area contributed by atoms with Gasteiger partial charge in [0.1, 0.15) is 5.54 Å². The van der Waals surface area contributed by atoms with Crippen LogP contribution in [0.15, 0.2) is 24.3 Å². The first kappa shape index (κ1) is 13.5. The quantitative estimate of drug-likeness (QED) is 0.738. The van der Waals surface area contributed by atoms with Crippen LogP contribution in [0.4, 0.5) is 5.69 Å². The highest BCUT2D eigenvalue weighted by Gasteiger charge is 2.69. The SMILES string of the molecule is CCN1C(=O)[C@@H]2[C@@H](C1=O)[C@@]1(N[C@@H]2C)C(=O)Nc2ccccc21. The Morgan fingerprint density at radius 1 is 1.18 bits per heavy atom. The Morgan fingerprint density at radius 3 is 2.64 bits per heavy atom. The molecule has 0 saturated carbocycles. The van der Waals surface area contributed by atoms with Crippen LogP contribution < -0.4 is 10.6 Å². The number of hydrogen-bond acceptors (Lipinski definition) is 4. The predicted octanol–water partition coefficient (Wildman–Crippen LogP) is 0.447. The number of hydrogen-bond donors (Lipinski definition) is 2. The summed E-state index contributed by atoms with van der Waals surface area (Å²) in [6, 6.07) is 7.13. The third kappa shape index (κ3) is 1.31. The van der Waals surface area contributed by atoms with E-state index < -0.39 is 17.4 Å². The number of rotatable bonds is 1. The molecule has 6 nitrogen and oxygen atoms in total. The molecule has 3 aliphatic heterocycles. The van der Waals surface area contributed by atoms with E-state index in [2.05, 4.69) is 10.6 Å². The fourth-order valence-electron chi connectivity index (χ4n) is 4.29. The van der Waals surface area contributed by atoms with E-state index in [9.17, 15) is 14.4 Å². The van der Waals surface area contributed by atoms with Crippen molar-refractivity contribution in [2.24, 2.45) is 11.8 Å². The summed E-state index contributed by atoms with van der Waals surface area (Å²) in [7, 11) is 0. The van der Waals surface area contributed by atoms with E-state index in [1.807, 2.05) is 31.2 Å². The molecule has 0 unspecified atom stereocenters. The molecule has 0 aromatic heterocycles. The highest BCUT2D eigenvalue weighted by Crippen LogP contribution is 2.52. The van der Waals surface area contributed by atoms with E-state index in [1.165, 1.54) is 4.90 Å². The molecule has 2 saturated heterocycles. The number of anilines is 1. The summed E-state index contributed by atoms with van der Waals surface area (Å²) in [5.41, 5.74) is 0.346. The molecule has 1 aromatic carbocycles. The molecule has 0 bridgehead atoms. The number of amides is 3. The number of carbonyl (C=O) groups is 3. The second-order valence-electron chi connectivity index (χ2n) is 6.16. The second-order valence-corrected chi connectivity index (χ2v) is 6.16. The third-order valence-corrected chi connectivity index (χ3v) is 5.18. The first-order valence-corrected chi connectivity index (χ1v) is 7.56. The molecule has 0 radical (unpaired) electrons. The van der Waals surface area contributed by atoms with Crippen molar-refractivity contribution < 1.29 is 14.4 Å². The maximum absolute atomic E-state index is 12.8. The summed E-state index contributed by atoms with van der Waals surface area (Å²) >= 11 is 0. The average Bonchev–Trinajstić information content (AvgIpc) is 3.05. The second kappa shape index (κ2) is 4.16. The van der Waals surface area contributed by atoms with E-state index >= 15 is 0 Å². The summed E-state index contributed by atoms with van der Waals surface area (Å²) < 4.78 is 0. The number of imide groups is 1. The Bertz CT molecular complexity index is 716. The standard InChI is InChI=1S/C16H17N3O3/c1-3-19-13(20)11-8(2)18-16(12(11)14(19)21)9-6-4-5-7-10(9)17-15(16)22/h4-8,11-12,18H,3H2,1-2H3,(H,17,22)/t8-,11+,12+,16-/m1/s1. The molecule has 3 aliphatic rings. The Labute approximate surface area is 127 Å². The van der Waals surface area contributed by atoms with Crippen LogP contribution in [-0.4, -0.2) is 35.2 Å². The summed E-state index contributed by atoms with van der Waals surface area (Å²) in [6.07, 6.45) is 0. The van der Waals surface area contributed by atoms with Crippen molar-refractivity contribution in [1.29, 1.82) is 0 Å². The van der Waals surface area contributed by atoms with Crippen molar-refractivity contribution in [3.63, 3.8) is 0 Å². The van der Waals surface area contributed by atoms with Crippen LogP contribution in [0.25, 0.3) is 0 Å². The number of carbonyl (C=O) groups excluding carboxylic acids is 3. The highest BCUT2D eigenvalue weighted by atomic mass is 16.2. The van der Waals surface area contributed by atoms with Crippen LogP contribution in [0, 0.1) is 11.8 Å². The van der Waals surface area contributed by atoms with Crippen molar-refractivity contribution >= 4 is 23.4 Å². The molecule has 4 rings (SSSR count). The van der Waals surface area contributed by atoms with Gasteiger partial charge in [0.2, 0.25) is 17.7 Å². The first-order valence-electron chi connectivity index (χ1n) is 7.56. The largest absolute Gasteiger partial charge is 0.324 e. The number of likely N-dealkylation sites (tertiary alicyclic amines) is 1. The maximum atomic E-state index is 12.8. The number of fused-ring (bicyclic) bond motifs is 4. The lowest BCUT2D eigenvalue weighted by Gasteiger charge is -2.28. The van der Waals surface area contributed by atoms with E-state index in [1.54, 1.807) is 6.92 Å². The first-order chi connectivity index (χ1) is 10.5. The lowest BCUT2D eigenvalue weighted by atomic mass is 9.76. The fraction of sp³-hybridized carbons (Fsp3) is 0.438. The smallest absolute Gasteiger partial charge is 0.250 e. The Hall–Kier alpha value is -2.21. The topological polar surface area (TPSA) is 78.5 Å². The van der Waals surface area contributed by atoms with Crippen LogP contribution in [0.5, 0.6) is 0 Å². The van der Waals surface area contributed by atoms with Crippen LogP contribution in [0.3, 0.4) is 0 Å². The predicted molar refractivity (Wildman–Crippen MR) is 78.7 cm³/mol. The molecule has 0 aliphatic carbocycles. The zero-order chi connectivity index (χ0) is 15.6. The third-order valence-electron chi connectivity index (χ3n) is 5.18. The molecule has 6 heteroatoms. The number of nitrogens with zero attached hydrogens (tertiary/aromatic N) is 1. The van der Waals surface area contributed by atoms with Gasteiger partial charge in [0.25, 0.3) is 0 Å². The minimum atomic E-state index is -1.13. The monoisotopic (exact) mass is 299 g/mol. The lowest BCUT2D eigenvalue weighted by Crippen LogP contribution is -2.52. The molecule has 3 amide bonds. The molecule has 2 fully saturated rings. The van der Waals surface area contributed by atoms with Gasteiger partial charge in [-0.2, -0.15) is 0 Å². The summed E-state index contributed by atoms with van der Waals surface area (Å²) in [4.78, 5) is 39.3. The minimum absolute atomic E-state index is 0.174. The molecule has 3 heterocycles. The van der Waals surface area contributed by atoms with Gasteiger partial charge in [0.15, 0.2) is 0 Å². The lowest BCUT2D eigenvalue weighted by molar-refractivity contribution is -0.142. The molecule has 4 atom stereocenters. The van der Waals surface area contributed by atoms with Crippen molar-refractivity contribution in [1.82, 2.24) is 10.2 Å². The maximum Gasteiger partial charge on any atom is 0.250 e. The average molecular weight is 299 g/mol. The van der Waals surface area contributed by atoms with E-state index in [4.69, 9.17) is 0 Å². The molecule has 114 valence electrons. The van der Waals surface area contributed by atoms with Crippen molar-refractivity contribution in [3.05, 3.63) is 29.8 Å². The van der Waals surface area contributed by atoms with Gasteiger partial charge in [0.05, 0.1) is 11.8 Å². The van der Waals surface area contributed by atoms with Gasteiger partial charge in [-0.05, 0) is 19.9 Å². The van der Waals surface area contributed by atoms with E-state index in [0.717, 1.165) is 5.56 Å². The van der Waals surface area contributed by atoms with Gasteiger partial charge in [0, 0.05) is 23.8 Å². The minimum Gasteiger partial charge on any atom is -0.324 e. The zero-order valence-electron chi connectivity index (χ0n) is 12.4. The van der Waals surface area contributed by atoms with E-state index in [0.29, 0.717) is 12.2 Å². The van der Waals surface area contributed by atoms with Gasteiger partial charge in [-0.3, -0.25) is 24.6 Å². The molecular weight excluding hydrogens is 282 g/mol. The van der Waals surface area contributed by atoms with Crippen molar-refractivity contribution in [2.45, 2.75) is 25.4 Å². The zero-order valence-corrected chi connectivity index (χ0v) is 12.4. The van der Waals surface area contributed by atoms with Crippen LogP contribution in [0.2, 0.25) is 0 Å². The molecule has 1 aromatic rings. The van der Waals surface area contributed by atoms with Gasteiger partial charge in [-0.25, -0.2) is 0 Å². The molecule has 2 N–H and O–H groups in total. The molecular formula is C16H17N3O3. The van der Waals surface area contributed by atoms with Gasteiger partial charge in [-0.15, -0.1) is 0 Å².